The Balaban J connectivity index is 1.68. The van der Waals surface area contributed by atoms with Gasteiger partial charge >= 0.3 is 0 Å². The first kappa shape index (κ1) is 16.3. The Kier molecular flexibility index (Phi) is 4.77. The van der Waals surface area contributed by atoms with E-state index < -0.39 is 0 Å². The summed E-state index contributed by atoms with van der Waals surface area (Å²) in [6, 6.07) is 0. The van der Waals surface area contributed by atoms with Crippen molar-refractivity contribution in [1.29, 1.82) is 0 Å². The summed E-state index contributed by atoms with van der Waals surface area (Å²) < 4.78 is 0. The van der Waals surface area contributed by atoms with Crippen LogP contribution in [0.15, 0.2) is 0 Å². The highest BCUT2D eigenvalue weighted by molar-refractivity contribution is 7.38. The first-order valence-electron chi connectivity index (χ1n) is 9.68. The molecule has 0 N–H and O–H groups in total. The average molecular weight is 308 g/mol. The van der Waals surface area contributed by atoms with Crippen LogP contribution < -0.4 is 0 Å². The van der Waals surface area contributed by atoms with Crippen LogP contribution in [0, 0.1) is 40.9 Å². The third-order valence-electron chi connectivity index (χ3n) is 8.12. The lowest BCUT2D eigenvalue weighted by molar-refractivity contribution is -0.0816. The molecule has 0 heterocycles. The largest absolute Gasteiger partial charge is 0.122 e. The van der Waals surface area contributed by atoms with Crippen molar-refractivity contribution < 1.29 is 0 Å². The van der Waals surface area contributed by atoms with Crippen LogP contribution in [-0.4, -0.2) is 12.3 Å². The Bertz CT molecular complexity index is 351. The van der Waals surface area contributed by atoms with Crippen molar-refractivity contribution in [3.8, 4) is 0 Å². The van der Waals surface area contributed by atoms with Gasteiger partial charge in [0.25, 0.3) is 0 Å². The minimum absolute atomic E-state index is 0.723. The second kappa shape index (κ2) is 6.14. The number of hydrogen-bond acceptors (Lipinski definition) is 0. The van der Waals surface area contributed by atoms with Gasteiger partial charge in [0.1, 0.15) is 0 Å². The zero-order valence-electron chi connectivity index (χ0n) is 15.0. The van der Waals surface area contributed by atoms with Crippen LogP contribution in [0.5, 0.6) is 0 Å². The lowest BCUT2D eigenvalue weighted by Gasteiger charge is -2.58. The molecule has 0 aromatic heterocycles. The van der Waals surface area contributed by atoms with Crippen LogP contribution in [0.3, 0.4) is 0 Å². The van der Waals surface area contributed by atoms with Gasteiger partial charge in [-0.1, -0.05) is 34.1 Å². The quantitative estimate of drug-likeness (QED) is 0.513. The highest BCUT2D eigenvalue weighted by atomic mass is 31.1. The van der Waals surface area contributed by atoms with E-state index in [1.165, 1.54) is 47.1 Å². The molecular formula is C20H37P. The fourth-order valence-electron chi connectivity index (χ4n) is 6.16. The van der Waals surface area contributed by atoms with Gasteiger partial charge in [0.05, 0.1) is 0 Å². The van der Waals surface area contributed by atoms with E-state index in [1.54, 1.807) is 6.42 Å². The third kappa shape index (κ3) is 2.84. The minimum Gasteiger partial charge on any atom is -0.122 e. The molecule has 0 nitrogen and oxygen atoms in total. The Morgan fingerprint density at radius 3 is 2.29 bits per heavy atom. The summed E-state index contributed by atoms with van der Waals surface area (Å²) >= 11 is 0. The molecule has 122 valence electrons. The van der Waals surface area contributed by atoms with E-state index in [2.05, 4.69) is 34.4 Å². The highest BCUT2D eigenvalue weighted by Crippen LogP contribution is 2.61. The number of fused-ring (bicyclic) bond motifs is 1. The Hall–Kier alpha value is 0.430. The van der Waals surface area contributed by atoms with Gasteiger partial charge < -0.3 is 0 Å². The van der Waals surface area contributed by atoms with Crippen molar-refractivity contribution in [1.82, 2.24) is 0 Å². The predicted molar refractivity (Wildman–Crippen MR) is 96.4 cm³/mol. The van der Waals surface area contributed by atoms with Crippen LogP contribution >= 0.6 is 8.58 Å². The number of rotatable bonds is 6. The summed E-state index contributed by atoms with van der Waals surface area (Å²) in [5.41, 5.74) is 1.78. The maximum atomic E-state index is 2.62. The SMILES string of the molecule is CCC(C1CC(C)C2(C)CCC2C1)C(C)C(PC)C1CC1. The molecule has 3 saturated carbocycles. The zero-order valence-corrected chi connectivity index (χ0v) is 16.0. The standard InChI is InChI=1S/C20H37P/c1-6-18(14(3)19(21-5)15-7-8-15)16-11-13(2)20(4)10-9-17(20)12-16/h13-19,21H,6-12H2,1-5H3. The van der Waals surface area contributed by atoms with Gasteiger partial charge in [-0.05, 0) is 91.8 Å². The monoisotopic (exact) mass is 308 g/mol. The molecule has 3 rings (SSSR count). The van der Waals surface area contributed by atoms with Crippen LogP contribution in [0.25, 0.3) is 0 Å². The molecule has 0 radical (unpaired) electrons. The van der Waals surface area contributed by atoms with E-state index in [9.17, 15) is 0 Å². The smallest absolute Gasteiger partial charge is 0.0182 e. The second-order valence-electron chi connectivity index (χ2n) is 8.96. The van der Waals surface area contributed by atoms with E-state index in [0.29, 0.717) is 0 Å². The predicted octanol–water partition coefficient (Wildman–Crippen LogP) is 6.20. The van der Waals surface area contributed by atoms with Gasteiger partial charge in [-0.15, -0.1) is 8.58 Å². The summed E-state index contributed by atoms with van der Waals surface area (Å²) in [5, 5.41) is 0. The van der Waals surface area contributed by atoms with Crippen LogP contribution in [0.1, 0.15) is 72.6 Å². The van der Waals surface area contributed by atoms with E-state index in [1.807, 2.05) is 0 Å². The molecule has 0 spiro atoms. The molecule has 0 aromatic carbocycles. The molecule has 0 bridgehead atoms. The minimum atomic E-state index is 0.723. The molecule has 0 amide bonds. The van der Waals surface area contributed by atoms with Gasteiger partial charge in [-0.2, -0.15) is 0 Å². The van der Waals surface area contributed by atoms with Crippen LogP contribution in [0.2, 0.25) is 0 Å². The van der Waals surface area contributed by atoms with Crippen molar-refractivity contribution in [2.75, 3.05) is 6.66 Å². The summed E-state index contributed by atoms with van der Waals surface area (Å²) in [4.78, 5) is 0. The van der Waals surface area contributed by atoms with Gasteiger partial charge in [0.2, 0.25) is 0 Å². The molecule has 3 aliphatic rings. The third-order valence-corrected chi connectivity index (χ3v) is 9.78. The molecule has 0 saturated heterocycles. The summed E-state index contributed by atoms with van der Waals surface area (Å²) in [6.07, 6.45) is 10.6. The zero-order chi connectivity index (χ0) is 15.2. The van der Waals surface area contributed by atoms with Crippen molar-refractivity contribution in [3.05, 3.63) is 0 Å². The molecule has 3 fully saturated rings. The summed E-state index contributed by atoms with van der Waals surface area (Å²) in [5.74, 6) is 6.17. The van der Waals surface area contributed by atoms with Crippen molar-refractivity contribution in [3.63, 3.8) is 0 Å². The molecule has 0 aromatic rings. The summed E-state index contributed by atoms with van der Waals surface area (Å²) in [7, 11) is 1.17. The lowest BCUT2D eigenvalue weighted by atomic mass is 9.47. The van der Waals surface area contributed by atoms with E-state index in [-0.39, 0.29) is 0 Å². The van der Waals surface area contributed by atoms with E-state index in [4.69, 9.17) is 0 Å². The first-order valence-corrected chi connectivity index (χ1v) is 11.3. The Labute approximate surface area is 135 Å². The first-order chi connectivity index (χ1) is 10.0. The molecule has 21 heavy (non-hydrogen) atoms. The van der Waals surface area contributed by atoms with E-state index in [0.717, 1.165) is 46.6 Å². The highest BCUT2D eigenvalue weighted by Gasteiger charge is 2.52. The normalized spacial score (nSPS) is 44.1. The van der Waals surface area contributed by atoms with E-state index >= 15 is 0 Å². The van der Waals surface area contributed by atoms with Gasteiger partial charge in [0.15, 0.2) is 0 Å². The molecule has 8 unspecified atom stereocenters. The van der Waals surface area contributed by atoms with Crippen molar-refractivity contribution in [2.24, 2.45) is 40.9 Å². The second-order valence-corrected chi connectivity index (χ2v) is 10.2. The van der Waals surface area contributed by atoms with Crippen molar-refractivity contribution in [2.45, 2.75) is 78.3 Å². The lowest BCUT2D eigenvalue weighted by Crippen LogP contribution is -2.49. The van der Waals surface area contributed by atoms with Gasteiger partial charge in [-0.25, -0.2) is 0 Å². The number of hydrogen-bond donors (Lipinski definition) is 0. The average Bonchev–Trinajstić information content (AvgIpc) is 3.27. The molecule has 8 atom stereocenters. The summed E-state index contributed by atoms with van der Waals surface area (Å²) in [6.45, 7) is 12.7. The molecule has 3 aliphatic carbocycles. The van der Waals surface area contributed by atoms with Crippen LogP contribution in [-0.2, 0) is 0 Å². The Morgan fingerprint density at radius 2 is 1.86 bits per heavy atom. The molecular weight excluding hydrogens is 271 g/mol. The fourth-order valence-corrected chi connectivity index (χ4v) is 7.74. The molecule has 0 aliphatic heterocycles. The van der Waals surface area contributed by atoms with Crippen LogP contribution in [0.4, 0.5) is 0 Å². The maximum absolute atomic E-state index is 2.62. The Morgan fingerprint density at radius 1 is 1.14 bits per heavy atom. The van der Waals surface area contributed by atoms with Gasteiger partial charge in [0, 0.05) is 0 Å². The topological polar surface area (TPSA) is 0 Å². The van der Waals surface area contributed by atoms with Crippen molar-refractivity contribution >= 4 is 8.58 Å². The fraction of sp³-hybridized carbons (Fsp3) is 1.00. The van der Waals surface area contributed by atoms with Gasteiger partial charge in [-0.3, -0.25) is 0 Å². The maximum Gasteiger partial charge on any atom is -0.0182 e. The molecule has 1 heteroatoms.